The maximum atomic E-state index is 4.49. The lowest BCUT2D eigenvalue weighted by Crippen LogP contribution is -2.07. The summed E-state index contributed by atoms with van der Waals surface area (Å²) in [6, 6.07) is 4.27. The molecule has 3 rings (SSSR count). The molecule has 2 N–H and O–H groups in total. The summed E-state index contributed by atoms with van der Waals surface area (Å²) >= 11 is 0. The third kappa shape index (κ3) is 1.43. The third-order valence-electron chi connectivity index (χ3n) is 3.21. The summed E-state index contributed by atoms with van der Waals surface area (Å²) in [4.78, 5) is 7.76. The number of pyridine rings is 1. The number of aryl methyl sites for hydroxylation is 1. The minimum Gasteiger partial charge on any atom is -0.346 e. The molecule has 15 heavy (non-hydrogen) atoms. The van der Waals surface area contributed by atoms with Gasteiger partial charge in [0.1, 0.15) is 5.65 Å². The van der Waals surface area contributed by atoms with Crippen molar-refractivity contribution in [3.63, 3.8) is 0 Å². The molecular weight excluding hydrogens is 186 g/mol. The first kappa shape index (κ1) is 8.92. The van der Waals surface area contributed by atoms with E-state index in [2.05, 4.69) is 33.6 Å². The van der Waals surface area contributed by atoms with Crippen LogP contribution in [0.2, 0.25) is 0 Å². The smallest absolute Gasteiger partial charge is 0.137 e. The molecular formula is C12H15N3. The molecule has 0 spiro atoms. The summed E-state index contributed by atoms with van der Waals surface area (Å²) < 4.78 is 0. The van der Waals surface area contributed by atoms with Crippen molar-refractivity contribution in [3.05, 3.63) is 29.6 Å². The van der Waals surface area contributed by atoms with Gasteiger partial charge < -0.3 is 10.3 Å². The zero-order valence-electron chi connectivity index (χ0n) is 8.88. The first-order valence-corrected chi connectivity index (χ1v) is 5.50. The van der Waals surface area contributed by atoms with Gasteiger partial charge in [-0.05, 0) is 43.5 Å². The molecule has 0 aliphatic carbocycles. The van der Waals surface area contributed by atoms with Gasteiger partial charge in [0.2, 0.25) is 0 Å². The van der Waals surface area contributed by atoms with Crippen LogP contribution in [0.5, 0.6) is 0 Å². The maximum Gasteiger partial charge on any atom is 0.137 e. The van der Waals surface area contributed by atoms with Crippen LogP contribution in [-0.2, 0) is 0 Å². The van der Waals surface area contributed by atoms with Crippen LogP contribution in [0.15, 0.2) is 18.3 Å². The van der Waals surface area contributed by atoms with Gasteiger partial charge in [0.15, 0.2) is 0 Å². The minimum atomic E-state index is 0.656. The number of nitrogens with zero attached hydrogens (tertiary/aromatic N) is 1. The topological polar surface area (TPSA) is 40.7 Å². The van der Waals surface area contributed by atoms with Crippen LogP contribution in [0.3, 0.4) is 0 Å². The van der Waals surface area contributed by atoms with Gasteiger partial charge in [-0.1, -0.05) is 0 Å². The van der Waals surface area contributed by atoms with Gasteiger partial charge in [0, 0.05) is 23.8 Å². The van der Waals surface area contributed by atoms with Crippen molar-refractivity contribution in [2.75, 3.05) is 13.1 Å². The van der Waals surface area contributed by atoms with Crippen LogP contribution < -0.4 is 5.32 Å². The van der Waals surface area contributed by atoms with Crippen LogP contribution in [0, 0.1) is 6.92 Å². The van der Waals surface area contributed by atoms with Crippen molar-refractivity contribution in [3.8, 4) is 0 Å². The zero-order valence-corrected chi connectivity index (χ0v) is 8.88. The van der Waals surface area contributed by atoms with Crippen LogP contribution in [0.25, 0.3) is 11.0 Å². The lowest BCUT2D eigenvalue weighted by atomic mass is 9.99. The number of hydrogen-bond acceptors (Lipinski definition) is 2. The largest absolute Gasteiger partial charge is 0.346 e. The average molecular weight is 201 g/mol. The molecule has 1 saturated heterocycles. The molecule has 1 aliphatic heterocycles. The van der Waals surface area contributed by atoms with E-state index in [-0.39, 0.29) is 0 Å². The van der Waals surface area contributed by atoms with E-state index in [4.69, 9.17) is 0 Å². The molecule has 2 aromatic heterocycles. The molecule has 0 aromatic carbocycles. The highest BCUT2D eigenvalue weighted by molar-refractivity contribution is 5.80. The average Bonchev–Trinajstić information content (AvgIpc) is 2.82. The Balaban J connectivity index is 2.11. The van der Waals surface area contributed by atoms with E-state index in [1.165, 1.54) is 17.4 Å². The Labute approximate surface area is 88.9 Å². The number of rotatable bonds is 1. The lowest BCUT2D eigenvalue weighted by molar-refractivity contribution is 0.769. The summed E-state index contributed by atoms with van der Waals surface area (Å²) in [5.41, 5.74) is 3.51. The van der Waals surface area contributed by atoms with E-state index >= 15 is 0 Å². The Morgan fingerprint density at radius 2 is 2.33 bits per heavy atom. The highest BCUT2D eigenvalue weighted by Gasteiger charge is 2.19. The summed E-state index contributed by atoms with van der Waals surface area (Å²) in [5.74, 6) is 0.656. The van der Waals surface area contributed by atoms with Crippen molar-refractivity contribution in [1.82, 2.24) is 15.3 Å². The first-order chi connectivity index (χ1) is 7.34. The number of aromatic nitrogens is 2. The molecule has 1 fully saturated rings. The molecule has 0 bridgehead atoms. The summed E-state index contributed by atoms with van der Waals surface area (Å²) in [7, 11) is 0. The van der Waals surface area contributed by atoms with E-state index in [9.17, 15) is 0 Å². The highest BCUT2D eigenvalue weighted by Crippen LogP contribution is 2.28. The standard InChI is InChI=1S/C12H15N3/c1-8-2-3-10-11(7-14-12(10)15-8)9-4-5-13-6-9/h2-3,7,9,13H,4-6H2,1H3,(H,14,15). The molecule has 3 heteroatoms. The molecule has 0 radical (unpaired) electrons. The van der Waals surface area contributed by atoms with E-state index in [0.29, 0.717) is 5.92 Å². The predicted octanol–water partition coefficient (Wildman–Crippen LogP) is 1.95. The number of fused-ring (bicyclic) bond motifs is 1. The van der Waals surface area contributed by atoms with E-state index in [1.54, 1.807) is 0 Å². The van der Waals surface area contributed by atoms with Gasteiger partial charge in [-0.25, -0.2) is 4.98 Å². The Morgan fingerprint density at radius 3 is 3.13 bits per heavy atom. The minimum absolute atomic E-state index is 0.656. The van der Waals surface area contributed by atoms with Gasteiger partial charge in [0.05, 0.1) is 0 Å². The lowest BCUT2D eigenvalue weighted by Gasteiger charge is -2.05. The van der Waals surface area contributed by atoms with E-state index < -0.39 is 0 Å². The van der Waals surface area contributed by atoms with Gasteiger partial charge in [0.25, 0.3) is 0 Å². The molecule has 3 heterocycles. The van der Waals surface area contributed by atoms with Crippen molar-refractivity contribution in [2.45, 2.75) is 19.3 Å². The maximum absolute atomic E-state index is 4.49. The van der Waals surface area contributed by atoms with E-state index in [1.807, 2.05) is 6.92 Å². The summed E-state index contributed by atoms with van der Waals surface area (Å²) in [5, 5.41) is 4.69. The van der Waals surface area contributed by atoms with Crippen LogP contribution in [0.4, 0.5) is 0 Å². The molecule has 2 aromatic rings. The highest BCUT2D eigenvalue weighted by atomic mass is 14.9. The second kappa shape index (κ2) is 3.35. The molecule has 78 valence electrons. The van der Waals surface area contributed by atoms with Crippen LogP contribution in [-0.4, -0.2) is 23.1 Å². The SMILES string of the molecule is Cc1ccc2c(C3CCNC3)c[nH]c2n1. The fraction of sp³-hybridized carbons (Fsp3) is 0.417. The number of nitrogens with one attached hydrogen (secondary N) is 2. The van der Waals surface area contributed by atoms with E-state index in [0.717, 1.165) is 24.4 Å². The predicted molar refractivity (Wildman–Crippen MR) is 61.1 cm³/mol. The third-order valence-corrected chi connectivity index (χ3v) is 3.21. The Kier molecular flexibility index (Phi) is 1.99. The second-order valence-electron chi connectivity index (χ2n) is 4.28. The molecule has 1 aliphatic rings. The van der Waals surface area contributed by atoms with Gasteiger partial charge in [-0.3, -0.25) is 0 Å². The molecule has 3 nitrogen and oxygen atoms in total. The number of aromatic amines is 1. The Morgan fingerprint density at radius 1 is 1.40 bits per heavy atom. The van der Waals surface area contributed by atoms with Crippen molar-refractivity contribution in [1.29, 1.82) is 0 Å². The number of H-pyrrole nitrogens is 1. The monoisotopic (exact) mass is 201 g/mol. The second-order valence-corrected chi connectivity index (χ2v) is 4.28. The summed E-state index contributed by atoms with van der Waals surface area (Å²) in [6.07, 6.45) is 3.36. The molecule has 1 atom stereocenters. The summed E-state index contributed by atoms with van der Waals surface area (Å²) in [6.45, 7) is 4.26. The quantitative estimate of drug-likeness (QED) is 0.740. The van der Waals surface area contributed by atoms with Crippen LogP contribution in [0.1, 0.15) is 23.6 Å². The van der Waals surface area contributed by atoms with Crippen molar-refractivity contribution >= 4 is 11.0 Å². The zero-order chi connectivity index (χ0) is 10.3. The fourth-order valence-corrected chi connectivity index (χ4v) is 2.38. The van der Waals surface area contributed by atoms with Gasteiger partial charge >= 0.3 is 0 Å². The van der Waals surface area contributed by atoms with Gasteiger partial charge in [-0.15, -0.1) is 0 Å². The van der Waals surface area contributed by atoms with Crippen molar-refractivity contribution in [2.24, 2.45) is 0 Å². The Bertz CT molecular complexity index is 481. The molecule has 1 unspecified atom stereocenters. The van der Waals surface area contributed by atoms with Gasteiger partial charge in [-0.2, -0.15) is 0 Å². The molecule has 0 amide bonds. The first-order valence-electron chi connectivity index (χ1n) is 5.50. The van der Waals surface area contributed by atoms with Crippen molar-refractivity contribution < 1.29 is 0 Å². The normalized spacial score (nSPS) is 21.3. The molecule has 0 saturated carbocycles. The van der Waals surface area contributed by atoms with Crippen LogP contribution >= 0.6 is 0 Å². The Hall–Kier alpha value is -1.35. The fourth-order valence-electron chi connectivity index (χ4n) is 2.38. The number of hydrogen-bond donors (Lipinski definition) is 2.